The fraction of sp³-hybridized carbons (Fsp3) is 0.458. The molecule has 1 aliphatic rings. The second-order valence-electron chi connectivity index (χ2n) is 8.84. The molecule has 0 spiro atoms. The summed E-state index contributed by atoms with van der Waals surface area (Å²) in [6.07, 6.45) is -0.158. The summed E-state index contributed by atoms with van der Waals surface area (Å²) < 4.78 is 46.1. The number of hydrogen-bond donors (Lipinski definition) is 3. The smallest absolute Gasteiger partial charge is 0.421 e. The summed E-state index contributed by atoms with van der Waals surface area (Å²) in [5.41, 5.74) is 0.596. The standard InChI is InChI=1S/C24H32F3N7O2/c1-6-21(35)30-17-12-18(20(36-5)13-19(17)34(4)11-10-33(2)3)31-23-28-14-16(24(25,26)27)22(32-23)29-15-8-7-9-15/h6,12-15H,1,7-11H2,2-5H3,(H,30,35)(H2,28,29,31,32). The highest BCUT2D eigenvalue weighted by Gasteiger charge is 2.36. The van der Waals surface area contributed by atoms with Gasteiger partial charge in [-0.25, -0.2) is 4.98 Å². The predicted octanol–water partition coefficient (Wildman–Crippen LogP) is 4.33. The van der Waals surface area contributed by atoms with Crippen LogP contribution in [0.5, 0.6) is 5.75 Å². The molecule has 2 aromatic rings. The van der Waals surface area contributed by atoms with E-state index in [1.54, 1.807) is 12.1 Å². The van der Waals surface area contributed by atoms with Gasteiger partial charge in [0.1, 0.15) is 17.1 Å². The zero-order chi connectivity index (χ0) is 26.5. The summed E-state index contributed by atoms with van der Waals surface area (Å²) in [5.74, 6) is -0.330. The number of aromatic nitrogens is 2. The summed E-state index contributed by atoms with van der Waals surface area (Å²) in [4.78, 5) is 24.1. The Hall–Kier alpha value is -3.54. The molecule has 0 radical (unpaired) electrons. The average Bonchev–Trinajstić information content (AvgIpc) is 2.79. The van der Waals surface area contributed by atoms with Crippen molar-refractivity contribution in [2.45, 2.75) is 31.5 Å². The molecule has 1 heterocycles. The summed E-state index contributed by atoms with van der Waals surface area (Å²) in [7, 11) is 7.27. The first kappa shape index (κ1) is 27.1. The fourth-order valence-electron chi connectivity index (χ4n) is 3.53. The minimum atomic E-state index is -4.59. The molecule has 1 aromatic carbocycles. The van der Waals surface area contributed by atoms with Crippen molar-refractivity contribution in [1.29, 1.82) is 0 Å². The number of alkyl halides is 3. The lowest BCUT2D eigenvalue weighted by Crippen LogP contribution is -2.29. The van der Waals surface area contributed by atoms with E-state index in [1.165, 1.54) is 7.11 Å². The van der Waals surface area contributed by atoms with Gasteiger partial charge in [0.15, 0.2) is 0 Å². The number of nitrogens with zero attached hydrogens (tertiary/aromatic N) is 4. The quantitative estimate of drug-likeness (QED) is 0.387. The van der Waals surface area contributed by atoms with Gasteiger partial charge in [-0.05, 0) is 45.5 Å². The van der Waals surface area contributed by atoms with Crippen LogP contribution < -0.4 is 25.6 Å². The summed E-state index contributed by atoms with van der Waals surface area (Å²) in [5, 5.41) is 8.60. The molecule has 0 aliphatic heterocycles. The molecular formula is C24H32F3N7O2. The Kier molecular flexibility index (Phi) is 8.62. The van der Waals surface area contributed by atoms with Crippen LogP contribution in [-0.4, -0.2) is 68.2 Å². The highest BCUT2D eigenvalue weighted by molar-refractivity contribution is 6.02. The second kappa shape index (κ2) is 11.5. The monoisotopic (exact) mass is 507 g/mol. The minimum absolute atomic E-state index is 0.0437. The highest BCUT2D eigenvalue weighted by Crippen LogP contribution is 2.39. The van der Waals surface area contributed by atoms with Crippen molar-refractivity contribution in [3.63, 3.8) is 0 Å². The summed E-state index contributed by atoms with van der Waals surface area (Å²) in [6.45, 7) is 4.93. The summed E-state index contributed by atoms with van der Waals surface area (Å²) in [6, 6.07) is 3.30. The molecule has 3 N–H and O–H groups in total. The van der Waals surface area contributed by atoms with E-state index in [4.69, 9.17) is 4.74 Å². The average molecular weight is 508 g/mol. The van der Waals surface area contributed by atoms with Crippen molar-refractivity contribution < 1.29 is 22.7 Å². The lowest BCUT2D eigenvalue weighted by atomic mass is 9.93. The number of nitrogens with one attached hydrogen (secondary N) is 3. The number of likely N-dealkylation sites (N-methyl/N-ethyl adjacent to an activating group) is 2. The van der Waals surface area contributed by atoms with Gasteiger partial charge >= 0.3 is 6.18 Å². The third-order valence-electron chi connectivity index (χ3n) is 5.84. The van der Waals surface area contributed by atoms with Gasteiger partial charge in [0, 0.05) is 38.4 Å². The zero-order valence-corrected chi connectivity index (χ0v) is 20.9. The normalized spacial score (nSPS) is 13.7. The van der Waals surface area contributed by atoms with Gasteiger partial charge in [0.25, 0.3) is 0 Å². The minimum Gasteiger partial charge on any atom is -0.494 e. The molecule has 1 amide bonds. The number of anilines is 5. The topological polar surface area (TPSA) is 94.6 Å². The molecule has 1 saturated carbocycles. The van der Waals surface area contributed by atoms with E-state index in [1.807, 2.05) is 30.9 Å². The maximum atomic E-state index is 13.5. The van der Waals surface area contributed by atoms with Crippen LogP contribution in [0.25, 0.3) is 0 Å². The van der Waals surface area contributed by atoms with Gasteiger partial charge in [-0.3, -0.25) is 4.79 Å². The molecule has 1 aromatic heterocycles. The fourth-order valence-corrected chi connectivity index (χ4v) is 3.53. The van der Waals surface area contributed by atoms with E-state index >= 15 is 0 Å². The molecule has 196 valence electrons. The third-order valence-corrected chi connectivity index (χ3v) is 5.84. The SMILES string of the molecule is C=CC(=O)Nc1cc(Nc2ncc(C(F)(F)F)c(NC3CCC3)n2)c(OC)cc1N(C)CCN(C)C. The van der Waals surface area contributed by atoms with Crippen LogP contribution in [0.15, 0.2) is 31.0 Å². The molecule has 3 rings (SSSR count). The molecule has 0 atom stereocenters. The van der Waals surface area contributed by atoms with Crippen LogP contribution >= 0.6 is 0 Å². The van der Waals surface area contributed by atoms with Crippen LogP contribution in [0.3, 0.4) is 0 Å². The first-order chi connectivity index (χ1) is 17.0. The molecule has 12 heteroatoms. The van der Waals surface area contributed by atoms with E-state index in [9.17, 15) is 18.0 Å². The number of rotatable bonds is 11. The molecule has 0 saturated heterocycles. The molecular weight excluding hydrogens is 475 g/mol. The van der Waals surface area contributed by atoms with Gasteiger partial charge in [-0.15, -0.1) is 0 Å². The van der Waals surface area contributed by atoms with Crippen molar-refractivity contribution in [3.8, 4) is 5.75 Å². The van der Waals surface area contributed by atoms with Crippen LogP contribution in [0.4, 0.5) is 42.0 Å². The number of hydrogen-bond acceptors (Lipinski definition) is 8. The lowest BCUT2D eigenvalue weighted by Gasteiger charge is -2.28. The highest BCUT2D eigenvalue weighted by atomic mass is 19.4. The van der Waals surface area contributed by atoms with Crippen molar-refractivity contribution in [2.24, 2.45) is 0 Å². The number of methoxy groups -OCH3 is 1. The Bertz CT molecular complexity index is 1090. The molecule has 0 bridgehead atoms. The largest absolute Gasteiger partial charge is 0.494 e. The maximum Gasteiger partial charge on any atom is 0.421 e. The number of amides is 1. The van der Waals surface area contributed by atoms with Crippen molar-refractivity contribution >= 4 is 34.7 Å². The van der Waals surface area contributed by atoms with E-state index in [-0.39, 0.29) is 17.8 Å². The van der Waals surface area contributed by atoms with Gasteiger partial charge in [-0.2, -0.15) is 18.2 Å². The number of benzene rings is 1. The first-order valence-electron chi connectivity index (χ1n) is 11.5. The van der Waals surface area contributed by atoms with Crippen molar-refractivity contribution in [3.05, 3.63) is 36.5 Å². The van der Waals surface area contributed by atoms with E-state index in [0.29, 0.717) is 29.4 Å². The Morgan fingerprint density at radius 1 is 1.22 bits per heavy atom. The van der Waals surface area contributed by atoms with Crippen LogP contribution in [0.1, 0.15) is 24.8 Å². The molecule has 0 unspecified atom stereocenters. The zero-order valence-electron chi connectivity index (χ0n) is 20.9. The van der Waals surface area contributed by atoms with Gasteiger partial charge in [0.2, 0.25) is 11.9 Å². The van der Waals surface area contributed by atoms with E-state index in [2.05, 4.69) is 32.5 Å². The van der Waals surface area contributed by atoms with Gasteiger partial charge in [0.05, 0.1) is 24.2 Å². The summed E-state index contributed by atoms with van der Waals surface area (Å²) >= 11 is 0. The van der Waals surface area contributed by atoms with Gasteiger partial charge in [-0.1, -0.05) is 6.58 Å². The lowest BCUT2D eigenvalue weighted by molar-refractivity contribution is -0.137. The Morgan fingerprint density at radius 3 is 2.50 bits per heavy atom. The number of carbonyl (C=O) groups excluding carboxylic acids is 1. The Labute approximate surface area is 208 Å². The molecule has 36 heavy (non-hydrogen) atoms. The number of ether oxygens (including phenoxy) is 1. The molecule has 1 fully saturated rings. The van der Waals surface area contributed by atoms with E-state index in [0.717, 1.165) is 38.1 Å². The third kappa shape index (κ3) is 6.78. The van der Waals surface area contributed by atoms with Gasteiger partial charge < -0.3 is 30.5 Å². The van der Waals surface area contributed by atoms with Crippen LogP contribution in [-0.2, 0) is 11.0 Å². The molecule has 1 aliphatic carbocycles. The second-order valence-corrected chi connectivity index (χ2v) is 8.84. The molecule has 9 nitrogen and oxygen atoms in total. The number of halogens is 3. The van der Waals surface area contributed by atoms with Crippen LogP contribution in [0.2, 0.25) is 0 Å². The predicted molar refractivity (Wildman–Crippen MR) is 135 cm³/mol. The first-order valence-corrected chi connectivity index (χ1v) is 11.5. The van der Waals surface area contributed by atoms with Crippen LogP contribution in [0, 0.1) is 0 Å². The Morgan fingerprint density at radius 2 is 1.94 bits per heavy atom. The number of carbonyl (C=O) groups is 1. The van der Waals surface area contributed by atoms with E-state index < -0.39 is 17.6 Å². The van der Waals surface area contributed by atoms with Crippen molar-refractivity contribution in [1.82, 2.24) is 14.9 Å². The Balaban J connectivity index is 1.98. The maximum absolute atomic E-state index is 13.5. The van der Waals surface area contributed by atoms with Crippen molar-refractivity contribution in [2.75, 3.05) is 62.2 Å².